The molecule has 0 aromatic heterocycles. The first-order valence-electron chi connectivity index (χ1n) is 5.52. The van der Waals surface area contributed by atoms with Gasteiger partial charge in [0.25, 0.3) is 0 Å². The highest BCUT2D eigenvalue weighted by molar-refractivity contribution is 7.99. The van der Waals surface area contributed by atoms with Crippen LogP contribution in [0.5, 0.6) is 5.75 Å². The molecule has 1 fully saturated rings. The molecule has 0 aliphatic carbocycles. The Bertz CT molecular complexity index is 341. The lowest BCUT2D eigenvalue weighted by Gasteiger charge is -2.28. The summed E-state index contributed by atoms with van der Waals surface area (Å²) in [7, 11) is 2.65. The predicted octanol–water partition coefficient (Wildman–Crippen LogP) is 1.44. The van der Waals surface area contributed by atoms with Crippen LogP contribution in [0.1, 0.15) is 0 Å². The maximum absolute atomic E-state index is 7.00. The average Bonchev–Trinajstić information content (AvgIpc) is 2.42. The zero-order chi connectivity index (χ0) is 12.7. The molecule has 1 aliphatic heterocycles. The molecule has 0 spiro atoms. The van der Waals surface area contributed by atoms with E-state index in [4.69, 9.17) is 15.6 Å². The monoisotopic (exact) mass is 256 g/mol. The van der Waals surface area contributed by atoms with Crippen LogP contribution in [0, 0.1) is 0 Å². The van der Waals surface area contributed by atoms with Crippen LogP contribution in [0.2, 0.25) is 0 Å². The van der Waals surface area contributed by atoms with Crippen LogP contribution in [-0.4, -0.2) is 43.9 Å². The van der Waals surface area contributed by atoms with Crippen molar-refractivity contribution in [1.29, 1.82) is 0 Å². The van der Waals surface area contributed by atoms with E-state index in [1.54, 1.807) is 7.11 Å². The normalized spacial score (nSPS) is 14.9. The third-order valence-corrected chi connectivity index (χ3v) is 3.54. The molecule has 0 unspecified atom stereocenters. The van der Waals surface area contributed by atoms with Crippen LogP contribution >= 0.6 is 11.8 Å². The number of aliphatic hydroxyl groups excluding tert-OH is 1. The first kappa shape index (κ1) is 14.0. The predicted molar refractivity (Wildman–Crippen MR) is 75.1 cm³/mol. The highest BCUT2D eigenvalue weighted by Crippen LogP contribution is 2.28. The fraction of sp³-hybridized carbons (Fsp3) is 0.500. The van der Waals surface area contributed by atoms with Gasteiger partial charge in [0.2, 0.25) is 0 Å². The zero-order valence-corrected chi connectivity index (χ0v) is 11.2. The minimum atomic E-state index is 0.702. The number of hydrogen-bond acceptors (Lipinski definition) is 5. The lowest BCUT2D eigenvalue weighted by atomic mass is 10.2. The number of benzene rings is 1. The summed E-state index contributed by atoms with van der Waals surface area (Å²) in [5, 5.41) is 7.00. The Labute approximate surface area is 107 Å². The van der Waals surface area contributed by atoms with E-state index in [-0.39, 0.29) is 0 Å². The van der Waals surface area contributed by atoms with E-state index in [2.05, 4.69) is 11.0 Å². The molecule has 0 atom stereocenters. The van der Waals surface area contributed by atoms with Gasteiger partial charge in [0, 0.05) is 43.5 Å². The lowest BCUT2D eigenvalue weighted by Crippen LogP contribution is -2.32. The number of nitrogens with two attached hydrogens (primary N) is 1. The molecule has 1 aliphatic rings. The van der Waals surface area contributed by atoms with Gasteiger partial charge in [-0.2, -0.15) is 11.8 Å². The number of aliphatic hydroxyl groups is 1. The fourth-order valence-corrected chi connectivity index (χ4v) is 2.62. The number of thioether (sulfide) groups is 1. The highest BCUT2D eigenvalue weighted by atomic mass is 32.2. The molecule has 1 saturated heterocycles. The summed E-state index contributed by atoms with van der Waals surface area (Å²) in [6, 6.07) is 6.00. The van der Waals surface area contributed by atoms with Crippen LogP contribution in [0.3, 0.4) is 0 Å². The number of nitrogen functional groups attached to an aromatic ring is 1. The van der Waals surface area contributed by atoms with Crippen molar-refractivity contribution >= 4 is 23.1 Å². The molecule has 96 valence electrons. The van der Waals surface area contributed by atoms with Gasteiger partial charge >= 0.3 is 0 Å². The number of methoxy groups -OCH3 is 1. The summed E-state index contributed by atoms with van der Waals surface area (Å²) < 4.78 is 5.22. The van der Waals surface area contributed by atoms with E-state index < -0.39 is 0 Å². The second-order valence-electron chi connectivity index (χ2n) is 3.53. The van der Waals surface area contributed by atoms with Crippen LogP contribution < -0.4 is 15.4 Å². The second-order valence-corrected chi connectivity index (χ2v) is 4.75. The smallest absolute Gasteiger partial charge is 0.143 e. The Balaban J connectivity index is 0.000000686. The van der Waals surface area contributed by atoms with Crippen molar-refractivity contribution in [3.8, 4) is 5.75 Å². The quantitative estimate of drug-likeness (QED) is 0.784. The number of ether oxygens (including phenoxy) is 1. The first-order valence-corrected chi connectivity index (χ1v) is 6.67. The van der Waals surface area contributed by atoms with Gasteiger partial charge in [0.05, 0.1) is 12.8 Å². The molecule has 1 aromatic rings. The van der Waals surface area contributed by atoms with Crippen molar-refractivity contribution in [2.75, 3.05) is 49.4 Å². The van der Waals surface area contributed by atoms with E-state index in [1.165, 1.54) is 17.2 Å². The third kappa shape index (κ3) is 3.71. The third-order valence-electron chi connectivity index (χ3n) is 2.59. The summed E-state index contributed by atoms with van der Waals surface area (Å²) >= 11 is 2.01. The Morgan fingerprint density at radius 3 is 2.53 bits per heavy atom. The van der Waals surface area contributed by atoms with Gasteiger partial charge in [0.15, 0.2) is 0 Å². The summed E-state index contributed by atoms with van der Waals surface area (Å²) in [4.78, 5) is 2.37. The molecule has 2 rings (SSSR count). The molecular weight excluding hydrogens is 236 g/mol. The van der Waals surface area contributed by atoms with E-state index in [1.807, 2.05) is 23.9 Å². The van der Waals surface area contributed by atoms with Crippen molar-refractivity contribution in [2.45, 2.75) is 0 Å². The van der Waals surface area contributed by atoms with Crippen LogP contribution in [0.15, 0.2) is 18.2 Å². The van der Waals surface area contributed by atoms with Gasteiger partial charge < -0.3 is 20.5 Å². The molecule has 0 bridgehead atoms. The maximum Gasteiger partial charge on any atom is 0.143 e. The van der Waals surface area contributed by atoms with Gasteiger partial charge in [-0.05, 0) is 12.1 Å². The Morgan fingerprint density at radius 1 is 1.29 bits per heavy atom. The Morgan fingerprint density at radius 2 is 1.94 bits per heavy atom. The van der Waals surface area contributed by atoms with Crippen LogP contribution in [0.25, 0.3) is 0 Å². The zero-order valence-electron chi connectivity index (χ0n) is 10.3. The van der Waals surface area contributed by atoms with Crippen molar-refractivity contribution < 1.29 is 9.84 Å². The number of rotatable bonds is 2. The standard InChI is InChI=1S/C11H16N2OS.CH4O/c1-14-11-8-9(2-3-10(11)12)13-4-6-15-7-5-13;1-2/h2-3,8H,4-7,12H2,1H3;2H,1H3. The largest absolute Gasteiger partial charge is 0.495 e. The topological polar surface area (TPSA) is 58.7 Å². The second kappa shape index (κ2) is 7.29. The lowest BCUT2D eigenvalue weighted by molar-refractivity contribution is 0.399. The Hall–Kier alpha value is -1.07. The summed E-state index contributed by atoms with van der Waals surface area (Å²) in [6.45, 7) is 2.22. The van der Waals surface area contributed by atoms with Crippen molar-refractivity contribution in [3.63, 3.8) is 0 Å². The minimum absolute atomic E-state index is 0.702. The maximum atomic E-state index is 7.00. The molecule has 0 saturated carbocycles. The fourth-order valence-electron chi connectivity index (χ4n) is 1.72. The van der Waals surface area contributed by atoms with E-state index in [9.17, 15) is 0 Å². The molecule has 0 amide bonds. The van der Waals surface area contributed by atoms with Crippen molar-refractivity contribution in [1.82, 2.24) is 0 Å². The molecule has 4 nitrogen and oxygen atoms in total. The van der Waals surface area contributed by atoms with Crippen molar-refractivity contribution in [3.05, 3.63) is 18.2 Å². The first-order chi connectivity index (χ1) is 8.31. The molecule has 1 heterocycles. The number of hydrogen-bond donors (Lipinski definition) is 2. The molecule has 0 radical (unpaired) electrons. The van der Waals surface area contributed by atoms with E-state index >= 15 is 0 Å². The molecule has 5 heteroatoms. The minimum Gasteiger partial charge on any atom is -0.495 e. The van der Waals surface area contributed by atoms with Gasteiger partial charge in [-0.1, -0.05) is 0 Å². The van der Waals surface area contributed by atoms with Gasteiger partial charge in [-0.25, -0.2) is 0 Å². The van der Waals surface area contributed by atoms with E-state index in [0.717, 1.165) is 25.9 Å². The summed E-state index contributed by atoms with van der Waals surface area (Å²) in [6.07, 6.45) is 0. The van der Waals surface area contributed by atoms with Gasteiger partial charge in [0.1, 0.15) is 5.75 Å². The SMILES string of the molecule is CO.COc1cc(N2CCSCC2)ccc1N. The summed E-state index contributed by atoms with van der Waals surface area (Å²) in [5.41, 5.74) is 7.69. The number of anilines is 2. The van der Waals surface area contributed by atoms with Crippen LogP contribution in [-0.2, 0) is 0 Å². The molecular formula is C12H20N2O2S. The molecule has 1 aromatic carbocycles. The van der Waals surface area contributed by atoms with Crippen LogP contribution in [0.4, 0.5) is 11.4 Å². The molecule has 3 N–H and O–H groups in total. The van der Waals surface area contributed by atoms with Gasteiger partial charge in [-0.15, -0.1) is 0 Å². The van der Waals surface area contributed by atoms with E-state index in [0.29, 0.717) is 5.69 Å². The van der Waals surface area contributed by atoms with Crippen molar-refractivity contribution in [2.24, 2.45) is 0 Å². The Kier molecular flexibility index (Phi) is 6.00. The highest BCUT2D eigenvalue weighted by Gasteiger charge is 2.12. The summed E-state index contributed by atoms with van der Waals surface area (Å²) in [5.74, 6) is 3.17. The van der Waals surface area contributed by atoms with Gasteiger partial charge in [-0.3, -0.25) is 0 Å². The molecule has 17 heavy (non-hydrogen) atoms. The average molecular weight is 256 g/mol. The number of nitrogens with zero attached hydrogens (tertiary/aromatic N) is 1.